The Morgan fingerprint density at radius 3 is 2.06 bits per heavy atom. The standard InChI is InChI=1S/C21H40N6O6S/c1-4-12(2)17(20(31)26-15(21(32)33)11-16(24)28)27-19(30)14(8-10-34-3)25-18(29)13(23)7-5-6-9-22/h12-15,17H,4-11,22-23H2,1-3H3,(H2,24,28)(H,25,29)(H,26,31)(H,27,30)(H,32,33). The maximum absolute atomic E-state index is 13.0. The van der Waals surface area contributed by atoms with Crippen LogP contribution >= 0.6 is 11.8 Å². The van der Waals surface area contributed by atoms with Gasteiger partial charge >= 0.3 is 5.97 Å². The Bertz CT molecular complexity index is 695. The molecule has 12 nitrogen and oxygen atoms in total. The number of carbonyl (C=O) groups is 5. The van der Waals surface area contributed by atoms with Crippen molar-refractivity contribution in [1.29, 1.82) is 0 Å². The first-order valence-corrected chi connectivity index (χ1v) is 12.7. The van der Waals surface area contributed by atoms with Gasteiger partial charge in [-0.3, -0.25) is 19.2 Å². The number of primary amides is 1. The summed E-state index contributed by atoms with van der Waals surface area (Å²) in [5.74, 6) is -3.92. The van der Waals surface area contributed by atoms with E-state index in [1.54, 1.807) is 6.92 Å². The number of hydrogen-bond acceptors (Lipinski definition) is 8. The number of carboxylic acid groups (broad SMARTS) is 1. The van der Waals surface area contributed by atoms with Crippen LogP contribution in [0, 0.1) is 5.92 Å². The SMILES string of the molecule is CCC(C)C(NC(=O)C(CCSC)NC(=O)C(N)CCCCN)C(=O)NC(CC(N)=O)C(=O)O. The molecule has 0 aliphatic carbocycles. The van der Waals surface area contributed by atoms with Crippen molar-refractivity contribution >= 4 is 41.4 Å². The van der Waals surface area contributed by atoms with Crippen LogP contribution in [0.4, 0.5) is 0 Å². The predicted octanol–water partition coefficient (Wildman–Crippen LogP) is -1.34. The fourth-order valence-electron chi connectivity index (χ4n) is 3.04. The summed E-state index contributed by atoms with van der Waals surface area (Å²) in [5.41, 5.74) is 16.5. The fraction of sp³-hybridized carbons (Fsp3) is 0.762. The molecule has 4 amide bonds. The zero-order valence-electron chi connectivity index (χ0n) is 20.2. The van der Waals surface area contributed by atoms with E-state index in [-0.39, 0.29) is 5.92 Å². The lowest BCUT2D eigenvalue weighted by atomic mass is 9.97. The van der Waals surface area contributed by atoms with Crippen LogP contribution in [0.15, 0.2) is 0 Å². The van der Waals surface area contributed by atoms with E-state index < -0.39 is 60.2 Å². The third-order valence-electron chi connectivity index (χ3n) is 5.36. The van der Waals surface area contributed by atoms with Gasteiger partial charge in [0, 0.05) is 0 Å². The summed E-state index contributed by atoms with van der Waals surface area (Å²) in [6.07, 6.45) is 3.91. The number of nitrogens with two attached hydrogens (primary N) is 3. The minimum absolute atomic E-state index is 0.308. The first kappa shape index (κ1) is 31.6. The van der Waals surface area contributed by atoms with Gasteiger partial charge in [-0.1, -0.05) is 26.7 Å². The zero-order valence-corrected chi connectivity index (χ0v) is 21.0. The number of carboxylic acids is 1. The van der Waals surface area contributed by atoms with Crippen molar-refractivity contribution in [2.75, 3.05) is 18.6 Å². The van der Waals surface area contributed by atoms with Crippen LogP contribution in [0.1, 0.15) is 52.4 Å². The van der Waals surface area contributed by atoms with Crippen LogP contribution in [0.5, 0.6) is 0 Å². The van der Waals surface area contributed by atoms with E-state index >= 15 is 0 Å². The smallest absolute Gasteiger partial charge is 0.326 e. The molecule has 0 saturated carbocycles. The summed E-state index contributed by atoms with van der Waals surface area (Å²) in [4.78, 5) is 60.9. The Kier molecular flexibility index (Phi) is 15.9. The van der Waals surface area contributed by atoms with Crippen molar-refractivity contribution in [2.24, 2.45) is 23.1 Å². The quantitative estimate of drug-likeness (QED) is 0.110. The number of aliphatic carboxylic acids is 1. The van der Waals surface area contributed by atoms with Gasteiger partial charge in [-0.2, -0.15) is 11.8 Å². The van der Waals surface area contributed by atoms with Crippen LogP contribution in [0.2, 0.25) is 0 Å². The molecular formula is C21H40N6O6S. The van der Waals surface area contributed by atoms with Crippen LogP contribution in [-0.4, -0.2) is 77.4 Å². The molecule has 0 aliphatic rings. The number of nitrogens with one attached hydrogen (secondary N) is 3. The lowest BCUT2D eigenvalue weighted by molar-refractivity contribution is -0.144. The van der Waals surface area contributed by atoms with E-state index in [9.17, 15) is 29.1 Å². The van der Waals surface area contributed by atoms with Crippen molar-refractivity contribution < 1.29 is 29.1 Å². The van der Waals surface area contributed by atoms with Gasteiger partial charge in [-0.05, 0) is 43.7 Å². The van der Waals surface area contributed by atoms with Crippen LogP contribution in [0.25, 0.3) is 0 Å². The summed E-state index contributed by atoms with van der Waals surface area (Å²) < 4.78 is 0. The normalized spacial score (nSPS) is 15.3. The molecule has 5 atom stereocenters. The average Bonchev–Trinajstić information content (AvgIpc) is 2.78. The highest BCUT2D eigenvalue weighted by Crippen LogP contribution is 2.11. The summed E-state index contributed by atoms with van der Waals surface area (Å²) in [6, 6.07) is -4.33. The first-order chi connectivity index (χ1) is 16.0. The number of amides is 4. The second-order valence-electron chi connectivity index (χ2n) is 8.18. The van der Waals surface area contributed by atoms with Gasteiger partial charge in [0.25, 0.3) is 0 Å². The molecule has 0 aliphatic heterocycles. The lowest BCUT2D eigenvalue weighted by Gasteiger charge is -2.28. The molecule has 34 heavy (non-hydrogen) atoms. The largest absolute Gasteiger partial charge is 0.480 e. The molecule has 5 unspecified atom stereocenters. The highest BCUT2D eigenvalue weighted by molar-refractivity contribution is 7.98. The molecule has 0 rings (SSSR count). The Morgan fingerprint density at radius 2 is 1.56 bits per heavy atom. The Hall–Kier alpha value is -2.38. The Labute approximate surface area is 204 Å². The van der Waals surface area contributed by atoms with Crippen molar-refractivity contribution in [1.82, 2.24) is 16.0 Å². The van der Waals surface area contributed by atoms with Gasteiger partial charge in [-0.25, -0.2) is 4.79 Å². The molecule has 0 aromatic carbocycles. The second kappa shape index (κ2) is 17.1. The van der Waals surface area contributed by atoms with E-state index in [4.69, 9.17) is 17.2 Å². The number of hydrogen-bond donors (Lipinski definition) is 7. The maximum Gasteiger partial charge on any atom is 0.326 e. The molecule has 0 saturated heterocycles. The third-order valence-corrected chi connectivity index (χ3v) is 6.01. The minimum Gasteiger partial charge on any atom is -0.480 e. The molecule has 0 heterocycles. The second-order valence-corrected chi connectivity index (χ2v) is 9.16. The lowest BCUT2D eigenvalue weighted by Crippen LogP contribution is -2.59. The van der Waals surface area contributed by atoms with E-state index in [1.165, 1.54) is 11.8 Å². The first-order valence-electron chi connectivity index (χ1n) is 11.3. The molecule has 13 heteroatoms. The molecule has 0 aromatic rings. The monoisotopic (exact) mass is 504 g/mol. The van der Waals surface area contributed by atoms with Crippen molar-refractivity contribution in [2.45, 2.75) is 76.5 Å². The van der Waals surface area contributed by atoms with Crippen molar-refractivity contribution in [3.8, 4) is 0 Å². The van der Waals surface area contributed by atoms with Crippen LogP contribution in [0.3, 0.4) is 0 Å². The highest BCUT2D eigenvalue weighted by Gasteiger charge is 2.33. The molecule has 0 bridgehead atoms. The summed E-state index contributed by atoms with van der Waals surface area (Å²) in [7, 11) is 0. The van der Waals surface area contributed by atoms with E-state index in [0.29, 0.717) is 38.0 Å². The minimum atomic E-state index is -1.52. The number of carbonyl (C=O) groups excluding carboxylic acids is 4. The van der Waals surface area contributed by atoms with Gasteiger partial charge in [0.15, 0.2) is 0 Å². The van der Waals surface area contributed by atoms with E-state index in [2.05, 4.69) is 16.0 Å². The molecule has 0 spiro atoms. The number of thioether (sulfide) groups is 1. The maximum atomic E-state index is 13.0. The van der Waals surface area contributed by atoms with E-state index in [0.717, 1.165) is 6.42 Å². The molecule has 10 N–H and O–H groups in total. The predicted molar refractivity (Wildman–Crippen MR) is 131 cm³/mol. The van der Waals surface area contributed by atoms with Crippen LogP contribution in [-0.2, 0) is 24.0 Å². The van der Waals surface area contributed by atoms with Gasteiger partial charge in [0.05, 0.1) is 12.5 Å². The fourth-order valence-corrected chi connectivity index (χ4v) is 3.51. The number of rotatable bonds is 18. The zero-order chi connectivity index (χ0) is 26.3. The highest BCUT2D eigenvalue weighted by atomic mass is 32.2. The van der Waals surface area contributed by atoms with Gasteiger partial charge in [-0.15, -0.1) is 0 Å². The van der Waals surface area contributed by atoms with E-state index in [1.807, 2.05) is 13.2 Å². The summed E-state index contributed by atoms with van der Waals surface area (Å²) >= 11 is 1.49. The molecular weight excluding hydrogens is 464 g/mol. The molecule has 0 fully saturated rings. The average molecular weight is 505 g/mol. The number of unbranched alkanes of at least 4 members (excludes halogenated alkanes) is 1. The topological polar surface area (TPSA) is 220 Å². The molecule has 0 radical (unpaired) electrons. The van der Waals surface area contributed by atoms with Crippen molar-refractivity contribution in [3.05, 3.63) is 0 Å². The van der Waals surface area contributed by atoms with Gasteiger partial charge in [0.1, 0.15) is 18.1 Å². The van der Waals surface area contributed by atoms with Gasteiger partial charge in [0.2, 0.25) is 23.6 Å². The van der Waals surface area contributed by atoms with Crippen molar-refractivity contribution in [3.63, 3.8) is 0 Å². The van der Waals surface area contributed by atoms with Crippen LogP contribution < -0.4 is 33.2 Å². The Morgan fingerprint density at radius 1 is 0.941 bits per heavy atom. The summed E-state index contributed by atoms with van der Waals surface area (Å²) in [5, 5.41) is 16.8. The summed E-state index contributed by atoms with van der Waals surface area (Å²) in [6.45, 7) is 4.02. The van der Waals surface area contributed by atoms with Gasteiger partial charge < -0.3 is 38.3 Å². The third kappa shape index (κ3) is 12.2. The Balaban J connectivity index is 5.45. The molecule has 196 valence electrons. The molecule has 0 aromatic heterocycles.